The molecule has 0 spiro atoms. The van der Waals surface area contributed by atoms with Crippen molar-refractivity contribution in [2.45, 2.75) is 78.4 Å². The molecule has 0 saturated carbocycles. The normalized spacial score (nSPS) is 23.6. The van der Waals surface area contributed by atoms with Gasteiger partial charge in [-0.2, -0.15) is 0 Å². The minimum absolute atomic E-state index is 0.0508. The molecule has 0 aromatic carbocycles. The molecular weight excluding hydrogens is 250 g/mol. The first kappa shape index (κ1) is 16.0. The van der Waals surface area contributed by atoms with E-state index in [4.69, 9.17) is 0 Å². The van der Waals surface area contributed by atoms with Gasteiger partial charge in [0.25, 0.3) is 0 Å². The highest BCUT2D eigenvalue weighted by Crippen LogP contribution is 2.41. The summed E-state index contributed by atoms with van der Waals surface area (Å²) in [6.45, 7) is 21.4. The molecule has 1 saturated heterocycles. The van der Waals surface area contributed by atoms with E-state index in [9.17, 15) is 0 Å². The van der Waals surface area contributed by atoms with Gasteiger partial charge in [-0.15, -0.1) is 0 Å². The van der Waals surface area contributed by atoms with Gasteiger partial charge in [-0.3, -0.25) is 0 Å². The van der Waals surface area contributed by atoms with Crippen LogP contribution in [0.4, 0.5) is 0 Å². The van der Waals surface area contributed by atoms with E-state index in [1.54, 1.807) is 0 Å². The van der Waals surface area contributed by atoms with Crippen LogP contribution in [0.15, 0.2) is 0 Å². The average Bonchev–Trinajstić information content (AvgIpc) is 2.32. The summed E-state index contributed by atoms with van der Waals surface area (Å²) in [5.74, 6) is 7.06. The van der Waals surface area contributed by atoms with Gasteiger partial charge in [0.1, 0.15) is 16.5 Å². The first-order valence-corrected chi connectivity index (χ1v) is 13.4. The van der Waals surface area contributed by atoms with E-state index in [-0.39, 0.29) is 11.0 Å². The molecule has 0 aliphatic carbocycles. The molecule has 0 unspecified atom stereocenters. The lowest BCUT2D eigenvalue weighted by molar-refractivity contribution is 0.414. The number of hydrogen-bond acceptors (Lipinski definition) is 1. The van der Waals surface area contributed by atoms with Crippen molar-refractivity contribution in [1.29, 1.82) is 0 Å². The summed E-state index contributed by atoms with van der Waals surface area (Å²) in [6.07, 6.45) is 0. The Bertz CT molecular complexity index is 362. The Morgan fingerprint density at radius 1 is 0.778 bits per heavy atom. The molecule has 18 heavy (non-hydrogen) atoms. The van der Waals surface area contributed by atoms with E-state index in [1.165, 1.54) is 12.1 Å². The average molecular weight is 282 g/mol. The van der Waals surface area contributed by atoms with Crippen molar-refractivity contribution in [3.05, 3.63) is 0 Å². The van der Waals surface area contributed by atoms with E-state index >= 15 is 0 Å². The van der Waals surface area contributed by atoms with Gasteiger partial charge >= 0.3 is 0 Å². The van der Waals surface area contributed by atoms with Gasteiger partial charge in [-0.25, -0.2) is 0 Å². The Kier molecular flexibility index (Phi) is 4.01. The maximum absolute atomic E-state index is 3.60. The molecule has 1 fully saturated rings. The van der Waals surface area contributed by atoms with E-state index in [2.05, 4.69) is 76.9 Å². The van der Waals surface area contributed by atoms with Crippen molar-refractivity contribution in [1.82, 2.24) is 4.23 Å². The van der Waals surface area contributed by atoms with Gasteiger partial charge in [0, 0.05) is 5.41 Å². The molecule has 1 aliphatic heterocycles. The third-order valence-corrected chi connectivity index (χ3v) is 14.5. The van der Waals surface area contributed by atoms with E-state index < -0.39 is 16.5 Å². The smallest absolute Gasteiger partial charge is 0.116 e. The molecule has 3 heteroatoms. The monoisotopic (exact) mass is 281 g/mol. The SMILES string of the molecule is CC(C)(C)C#CC(C)(C)N1[Si](C)(C)CC[Si]1(C)C. The zero-order valence-corrected chi connectivity index (χ0v) is 15.9. The highest BCUT2D eigenvalue weighted by molar-refractivity contribution is 6.95. The summed E-state index contributed by atoms with van der Waals surface area (Å²) in [5.41, 5.74) is 0.156. The van der Waals surface area contributed by atoms with Crippen LogP contribution >= 0.6 is 0 Å². The van der Waals surface area contributed by atoms with Crippen LogP contribution in [0.25, 0.3) is 0 Å². The summed E-state index contributed by atoms with van der Waals surface area (Å²) < 4.78 is 2.89. The van der Waals surface area contributed by atoms with E-state index in [1.807, 2.05) is 0 Å². The van der Waals surface area contributed by atoms with Gasteiger partial charge < -0.3 is 4.23 Å². The van der Waals surface area contributed by atoms with Crippen molar-refractivity contribution < 1.29 is 0 Å². The summed E-state index contributed by atoms with van der Waals surface area (Å²) in [4.78, 5) is 0. The molecule has 1 rings (SSSR count). The number of hydrogen-bond donors (Lipinski definition) is 0. The molecule has 0 atom stereocenters. The first-order chi connectivity index (χ1) is 7.78. The number of nitrogens with zero attached hydrogens (tertiary/aromatic N) is 1. The Morgan fingerprint density at radius 2 is 1.17 bits per heavy atom. The molecule has 0 aromatic rings. The van der Waals surface area contributed by atoms with Crippen molar-refractivity contribution in [3.8, 4) is 11.8 Å². The first-order valence-electron chi connectivity index (χ1n) is 7.13. The Balaban J connectivity index is 3.13. The fourth-order valence-electron chi connectivity index (χ4n) is 3.56. The zero-order valence-electron chi connectivity index (χ0n) is 13.9. The lowest BCUT2D eigenvalue weighted by Crippen LogP contribution is -2.63. The molecule has 0 bridgehead atoms. The van der Waals surface area contributed by atoms with Crippen molar-refractivity contribution in [2.24, 2.45) is 5.41 Å². The molecular formula is C15H31NSi2. The third-order valence-electron chi connectivity index (χ3n) is 3.86. The minimum Gasteiger partial charge on any atom is -0.331 e. The molecule has 0 amide bonds. The van der Waals surface area contributed by atoms with Gasteiger partial charge in [-0.05, 0) is 46.7 Å². The molecule has 1 heterocycles. The predicted molar refractivity (Wildman–Crippen MR) is 87.7 cm³/mol. The van der Waals surface area contributed by atoms with Crippen molar-refractivity contribution >= 4 is 16.5 Å². The maximum atomic E-state index is 3.60. The van der Waals surface area contributed by atoms with Crippen molar-refractivity contribution in [2.75, 3.05) is 0 Å². The van der Waals surface area contributed by atoms with Crippen LogP contribution in [0.1, 0.15) is 34.6 Å². The van der Waals surface area contributed by atoms with Crippen LogP contribution in [0.3, 0.4) is 0 Å². The summed E-state index contributed by atoms with van der Waals surface area (Å²) in [6, 6.07) is 2.90. The van der Waals surface area contributed by atoms with Crippen LogP contribution < -0.4 is 0 Å². The van der Waals surface area contributed by atoms with Crippen molar-refractivity contribution in [3.63, 3.8) is 0 Å². The molecule has 0 aromatic heterocycles. The Labute approximate surface area is 117 Å². The molecule has 0 radical (unpaired) electrons. The Morgan fingerprint density at radius 3 is 1.50 bits per heavy atom. The fraction of sp³-hybridized carbons (Fsp3) is 0.867. The van der Waals surface area contributed by atoms with Crippen LogP contribution in [-0.2, 0) is 0 Å². The fourth-order valence-corrected chi connectivity index (χ4v) is 19.3. The topological polar surface area (TPSA) is 3.24 Å². The summed E-state index contributed by atoms with van der Waals surface area (Å²) >= 11 is 0. The second-order valence-corrected chi connectivity index (χ2v) is 18.1. The largest absolute Gasteiger partial charge is 0.331 e. The van der Waals surface area contributed by atoms with Crippen LogP contribution in [0.2, 0.25) is 38.3 Å². The van der Waals surface area contributed by atoms with Gasteiger partial charge in [-0.1, -0.05) is 38.0 Å². The van der Waals surface area contributed by atoms with Gasteiger partial charge in [0.05, 0.1) is 5.54 Å². The highest BCUT2D eigenvalue weighted by atomic mass is 28.4. The molecule has 1 aliphatic rings. The van der Waals surface area contributed by atoms with Gasteiger partial charge in [0.2, 0.25) is 0 Å². The lowest BCUT2D eigenvalue weighted by Gasteiger charge is -2.48. The second-order valence-electron chi connectivity index (χ2n) is 8.52. The molecule has 1 nitrogen and oxygen atoms in total. The van der Waals surface area contributed by atoms with Crippen LogP contribution in [0.5, 0.6) is 0 Å². The Hall–Kier alpha value is -0.0462. The second kappa shape index (κ2) is 4.50. The van der Waals surface area contributed by atoms with E-state index in [0.717, 1.165) is 0 Å². The van der Waals surface area contributed by atoms with Crippen LogP contribution in [0, 0.1) is 17.3 Å². The maximum Gasteiger partial charge on any atom is 0.116 e. The van der Waals surface area contributed by atoms with Gasteiger partial charge in [0.15, 0.2) is 0 Å². The zero-order chi connectivity index (χ0) is 14.4. The molecule has 104 valence electrons. The van der Waals surface area contributed by atoms with Crippen LogP contribution in [-0.4, -0.2) is 26.2 Å². The lowest BCUT2D eigenvalue weighted by atomic mass is 9.95. The highest BCUT2D eigenvalue weighted by Gasteiger charge is 2.52. The minimum atomic E-state index is -1.24. The standard InChI is InChI=1S/C15H31NSi2/c1-14(2,3)10-11-15(4,5)16-17(6,7)12-13-18(16,8)9/h12-13H2,1-9H3. The summed E-state index contributed by atoms with van der Waals surface area (Å²) in [7, 11) is -2.49. The number of rotatable bonds is 1. The molecule has 0 N–H and O–H groups in total. The van der Waals surface area contributed by atoms with E-state index in [0.29, 0.717) is 0 Å². The summed E-state index contributed by atoms with van der Waals surface area (Å²) in [5, 5.41) is 0. The third kappa shape index (κ3) is 3.49. The quantitative estimate of drug-likeness (QED) is 0.504. The predicted octanol–water partition coefficient (Wildman–Crippen LogP) is 4.54.